The van der Waals surface area contributed by atoms with Crippen LogP contribution in [0.15, 0.2) is 29.2 Å². The molecular weight excluding hydrogens is 298 g/mol. The first kappa shape index (κ1) is 15.2. The van der Waals surface area contributed by atoms with Crippen molar-refractivity contribution >= 4 is 10.0 Å². The Morgan fingerprint density at radius 1 is 1.18 bits per heavy atom. The highest BCUT2D eigenvalue weighted by atomic mass is 32.2. The average molecular weight is 319 g/mol. The van der Waals surface area contributed by atoms with E-state index in [0.29, 0.717) is 0 Å². The molecule has 0 aliphatic heterocycles. The summed E-state index contributed by atoms with van der Waals surface area (Å²) in [5.41, 5.74) is 3.41. The van der Waals surface area contributed by atoms with Crippen molar-refractivity contribution in [1.29, 1.82) is 0 Å². The Morgan fingerprint density at radius 2 is 1.86 bits per heavy atom. The molecule has 2 aromatic rings. The summed E-state index contributed by atoms with van der Waals surface area (Å²) in [5, 5.41) is 0. The SMILES string of the molecule is Cc1ccc(S(=O)(=O)NCc2nc3c(n2C)CCCC3)cc1. The molecule has 0 saturated carbocycles. The Kier molecular flexibility index (Phi) is 4.06. The fraction of sp³-hybridized carbons (Fsp3) is 0.438. The minimum absolute atomic E-state index is 0.222. The molecule has 1 aromatic heterocycles. The highest BCUT2D eigenvalue weighted by Crippen LogP contribution is 2.21. The maximum Gasteiger partial charge on any atom is 0.240 e. The molecule has 1 aliphatic carbocycles. The quantitative estimate of drug-likeness (QED) is 0.938. The molecule has 1 aromatic carbocycles. The van der Waals surface area contributed by atoms with Gasteiger partial charge < -0.3 is 4.57 Å². The van der Waals surface area contributed by atoms with Crippen molar-refractivity contribution in [2.45, 2.75) is 44.0 Å². The van der Waals surface area contributed by atoms with Gasteiger partial charge in [-0.3, -0.25) is 0 Å². The van der Waals surface area contributed by atoms with Gasteiger partial charge in [-0.05, 0) is 44.7 Å². The summed E-state index contributed by atoms with van der Waals surface area (Å²) in [5.74, 6) is 0.780. The third kappa shape index (κ3) is 2.94. The average Bonchev–Trinajstić information content (AvgIpc) is 2.83. The van der Waals surface area contributed by atoms with Gasteiger partial charge in [0.05, 0.1) is 17.1 Å². The van der Waals surface area contributed by atoms with Crippen LogP contribution in [-0.2, 0) is 36.5 Å². The Balaban J connectivity index is 1.77. The van der Waals surface area contributed by atoms with Crippen LogP contribution < -0.4 is 4.72 Å². The number of nitrogens with zero attached hydrogens (tertiary/aromatic N) is 2. The van der Waals surface area contributed by atoms with Crippen molar-refractivity contribution in [2.75, 3.05) is 0 Å². The lowest BCUT2D eigenvalue weighted by Crippen LogP contribution is -2.25. The zero-order chi connectivity index (χ0) is 15.7. The largest absolute Gasteiger partial charge is 0.334 e. The third-order valence-corrected chi connectivity index (χ3v) is 5.64. The Hall–Kier alpha value is -1.66. The number of nitrogens with one attached hydrogen (secondary N) is 1. The zero-order valence-electron chi connectivity index (χ0n) is 13.0. The Labute approximate surface area is 131 Å². The number of imidazole rings is 1. The van der Waals surface area contributed by atoms with Crippen LogP contribution in [0.4, 0.5) is 0 Å². The van der Waals surface area contributed by atoms with Crippen molar-refractivity contribution in [1.82, 2.24) is 14.3 Å². The maximum atomic E-state index is 12.3. The van der Waals surface area contributed by atoms with Gasteiger partial charge in [-0.1, -0.05) is 17.7 Å². The van der Waals surface area contributed by atoms with E-state index in [0.717, 1.165) is 29.9 Å². The second kappa shape index (κ2) is 5.85. The van der Waals surface area contributed by atoms with Crippen LogP contribution >= 0.6 is 0 Å². The Bertz CT molecular complexity index is 776. The molecule has 6 heteroatoms. The fourth-order valence-electron chi connectivity index (χ4n) is 2.86. The lowest BCUT2D eigenvalue weighted by Gasteiger charge is -2.11. The van der Waals surface area contributed by atoms with Gasteiger partial charge in [0.25, 0.3) is 0 Å². The molecule has 0 spiro atoms. The summed E-state index contributed by atoms with van der Waals surface area (Å²) in [4.78, 5) is 4.89. The van der Waals surface area contributed by atoms with Gasteiger partial charge >= 0.3 is 0 Å². The summed E-state index contributed by atoms with van der Waals surface area (Å²) < 4.78 is 29.3. The predicted molar refractivity (Wildman–Crippen MR) is 85.1 cm³/mol. The van der Waals surface area contributed by atoms with Crippen molar-refractivity contribution in [3.63, 3.8) is 0 Å². The molecule has 22 heavy (non-hydrogen) atoms. The molecular formula is C16H21N3O2S. The summed E-state index contributed by atoms with van der Waals surface area (Å²) in [6, 6.07) is 6.85. The van der Waals surface area contributed by atoms with E-state index in [9.17, 15) is 8.42 Å². The van der Waals surface area contributed by atoms with Gasteiger partial charge in [0.1, 0.15) is 5.82 Å². The van der Waals surface area contributed by atoms with E-state index in [1.807, 2.05) is 18.5 Å². The fourth-order valence-corrected chi connectivity index (χ4v) is 3.84. The van der Waals surface area contributed by atoms with Crippen LogP contribution in [0.2, 0.25) is 0 Å². The molecule has 0 atom stereocenters. The number of hydrogen-bond acceptors (Lipinski definition) is 3. The molecule has 0 unspecified atom stereocenters. The van der Waals surface area contributed by atoms with Gasteiger partial charge in [-0.25, -0.2) is 18.1 Å². The maximum absolute atomic E-state index is 12.3. The number of hydrogen-bond donors (Lipinski definition) is 1. The number of rotatable bonds is 4. The van der Waals surface area contributed by atoms with Gasteiger partial charge in [0.2, 0.25) is 10.0 Å². The normalized spacial score (nSPS) is 14.8. The standard InChI is InChI=1S/C16H21N3O2S/c1-12-7-9-13(10-8-12)22(20,21)17-11-16-18-14-5-3-4-6-15(14)19(16)2/h7-10,17H,3-6,11H2,1-2H3. The molecule has 0 radical (unpaired) electrons. The summed E-state index contributed by atoms with van der Waals surface area (Å²) in [6.07, 6.45) is 4.37. The van der Waals surface area contributed by atoms with Crippen molar-refractivity contribution in [3.8, 4) is 0 Å². The summed E-state index contributed by atoms with van der Waals surface area (Å²) in [6.45, 7) is 2.15. The van der Waals surface area contributed by atoms with Crippen LogP contribution in [0.3, 0.4) is 0 Å². The van der Waals surface area contributed by atoms with Crippen molar-refractivity contribution in [2.24, 2.45) is 7.05 Å². The molecule has 0 bridgehead atoms. The second-order valence-electron chi connectivity index (χ2n) is 5.83. The molecule has 1 heterocycles. The number of fused-ring (bicyclic) bond motifs is 1. The van der Waals surface area contributed by atoms with E-state index in [-0.39, 0.29) is 11.4 Å². The number of benzene rings is 1. The summed E-state index contributed by atoms with van der Waals surface area (Å²) >= 11 is 0. The smallest absolute Gasteiger partial charge is 0.240 e. The lowest BCUT2D eigenvalue weighted by molar-refractivity contribution is 0.576. The third-order valence-electron chi connectivity index (χ3n) is 4.22. The molecule has 118 valence electrons. The molecule has 0 fully saturated rings. The van der Waals surface area contributed by atoms with Crippen molar-refractivity contribution in [3.05, 3.63) is 47.0 Å². The van der Waals surface area contributed by atoms with E-state index >= 15 is 0 Å². The van der Waals surface area contributed by atoms with E-state index in [1.54, 1.807) is 24.3 Å². The van der Waals surface area contributed by atoms with E-state index in [2.05, 4.69) is 9.71 Å². The number of aromatic nitrogens is 2. The van der Waals surface area contributed by atoms with Gasteiger partial charge in [-0.2, -0.15) is 0 Å². The highest BCUT2D eigenvalue weighted by Gasteiger charge is 2.20. The first-order chi connectivity index (χ1) is 10.5. The van der Waals surface area contributed by atoms with Crippen LogP contribution in [0.5, 0.6) is 0 Å². The number of aryl methyl sites for hydroxylation is 2. The van der Waals surface area contributed by atoms with Crippen molar-refractivity contribution < 1.29 is 8.42 Å². The molecule has 3 rings (SSSR count). The monoisotopic (exact) mass is 319 g/mol. The zero-order valence-corrected chi connectivity index (χ0v) is 13.8. The predicted octanol–water partition coefficient (Wildman–Crippen LogP) is 2.09. The van der Waals surface area contributed by atoms with E-state index in [4.69, 9.17) is 0 Å². The highest BCUT2D eigenvalue weighted by molar-refractivity contribution is 7.89. The topological polar surface area (TPSA) is 64.0 Å². The van der Waals surface area contributed by atoms with Crippen LogP contribution in [0.25, 0.3) is 0 Å². The molecule has 0 saturated heterocycles. The minimum atomic E-state index is -3.50. The van der Waals surface area contributed by atoms with Gasteiger partial charge in [0.15, 0.2) is 0 Å². The molecule has 1 N–H and O–H groups in total. The second-order valence-corrected chi connectivity index (χ2v) is 7.59. The van der Waals surface area contributed by atoms with Gasteiger partial charge in [-0.15, -0.1) is 0 Å². The molecule has 1 aliphatic rings. The Morgan fingerprint density at radius 3 is 2.55 bits per heavy atom. The van der Waals surface area contributed by atoms with Crippen LogP contribution in [0.1, 0.15) is 35.6 Å². The van der Waals surface area contributed by atoms with Crippen LogP contribution in [0, 0.1) is 6.92 Å². The lowest BCUT2D eigenvalue weighted by atomic mass is 10.0. The summed E-state index contributed by atoms with van der Waals surface area (Å²) in [7, 11) is -1.53. The van der Waals surface area contributed by atoms with E-state index < -0.39 is 10.0 Å². The van der Waals surface area contributed by atoms with Gasteiger partial charge in [0, 0.05) is 12.7 Å². The first-order valence-electron chi connectivity index (χ1n) is 7.57. The van der Waals surface area contributed by atoms with Crippen LogP contribution in [-0.4, -0.2) is 18.0 Å². The minimum Gasteiger partial charge on any atom is -0.334 e. The first-order valence-corrected chi connectivity index (χ1v) is 9.05. The molecule has 5 nitrogen and oxygen atoms in total. The molecule has 0 amide bonds. The van der Waals surface area contributed by atoms with E-state index in [1.165, 1.54) is 18.5 Å². The number of sulfonamides is 1.